The van der Waals surface area contributed by atoms with Crippen molar-refractivity contribution < 1.29 is 13.8 Å². The molecule has 0 radical (unpaired) electrons. The maximum Gasteiger partial charge on any atom is 0.237 e. The molecule has 0 aromatic heterocycles. The van der Waals surface area contributed by atoms with Gasteiger partial charge in [-0.3, -0.25) is 4.57 Å². The van der Waals surface area contributed by atoms with Gasteiger partial charge in [0.25, 0.3) is 0 Å². The summed E-state index contributed by atoms with van der Waals surface area (Å²) < 4.78 is 24.1. The summed E-state index contributed by atoms with van der Waals surface area (Å²) in [7, 11) is -2.77. The number of hydrogen-bond donors (Lipinski definition) is 0. The Morgan fingerprint density at radius 2 is 2.18 bits per heavy atom. The lowest BCUT2D eigenvalue weighted by atomic mass is 10.2. The zero-order valence-electron chi connectivity index (χ0n) is 10.2. The van der Waals surface area contributed by atoms with Crippen LogP contribution in [0.5, 0.6) is 0 Å². The molecule has 2 atom stereocenters. The van der Waals surface area contributed by atoms with E-state index in [0.29, 0.717) is 13.2 Å². The van der Waals surface area contributed by atoms with Gasteiger partial charge in [-0.05, 0) is 31.9 Å². The minimum absolute atomic E-state index is 0.0126. The third-order valence-electron chi connectivity index (χ3n) is 3.05. The largest absolute Gasteiger partial charge is 0.381 e. The molecular formula is C13H19O3P. The van der Waals surface area contributed by atoms with E-state index in [1.54, 1.807) is 0 Å². The minimum Gasteiger partial charge on any atom is -0.381 e. The lowest BCUT2D eigenvalue weighted by Gasteiger charge is -2.30. The quantitative estimate of drug-likeness (QED) is 0.775. The van der Waals surface area contributed by atoms with Crippen molar-refractivity contribution in [3.63, 3.8) is 0 Å². The van der Waals surface area contributed by atoms with Crippen LogP contribution >= 0.6 is 7.37 Å². The average molecular weight is 254 g/mol. The highest BCUT2D eigenvalue weighted by Gasteiger charge is 2.37. The summed E-state index contributed by atoms with van der Waals surface area (Å²) in [6, 6.07) is 9.53. The maximum atomic E-state index is 13.1. The predicted octanol–water partition coefficient (Wildman–Crippen LogP) is 2.81. The third kappa shape index (κ3) is 2.79. The van der Waals surface area contributed by atoms with Crippen LogP contribution in [-0.2, 0) is 13.8 Å². The summed E-state index contributed by atoms with van der Waals surface area (Å²) in [5, 5.41) is 0.817. The molecule has 1 aliphatic heterocycles. The minimum atomic E-state index is -2.77. The molecule has 94 valence electrons. The normalized spacial score (nSPS) is 24.2. The molecule has 1 fully saturated rings. The Bertz CT molecular complexity index is 385. The molecule has 0 N–H and O–H groups in total. The van der Waals surface area contributed by atoms with Gasteiger partial charge < -0.3 is 9.26 Å². The van der Waals surface area contributed by atoms with E-state index in [-0.39, 0.29) is 5.66 Å². The van der Waals surface area contributed by atoms with Crippen molar-refractivity contribution >= 4 is 12.7 Å². The van der Waals surface area contributed by atoms with Crippen molar-refractivity contribution in [1.82, 2.24) is 0 Å². The second kappa shape index (κ2) is 5.81. The van der Waals surface area contributed by atoms with Crippen molar-refractivity contribution in [3.8, 4) is 0 Å². The van der Waals surface area contributed by atoms with Crippen LogP contribution in [-0.4, -0.2) is 25.5 Å². The molecule has 1 saturated heterocycles. The summed E-state index contributed by atoms with van der Waals surface area (Å²) in [5.74, 6) is 0. The predicted molar refractivity (Wildman–Crippen MR) is 69.1 cm³/mol. The Hall–Kier alpha value is -0.630. The first-order valence-electron chi connectivity index (χ1n) is 6.15. The SMILES string of the molecule is CCOP(=O)(c1ccccc1)C1CCCOC1. The van der Waals surface area contributed by atoms with Gasteiger partial charge in [-0.1, -0.05) is 18.2 Å². The van der Waals surface area contributed by atoms with E-state index in [1.165, 1.54) is 0 Å². The van der Waals surface area contributed by atoms with Crippen LogP contribution < -0.4 is 5.30 Å². The van der Waals surface area contributed by atoms with Crippen molar-refractivity contribution in [2.75, 3.05) is 19.8 Å². The van der Waals surface area contributed by atoms with Gasteiger partial charge >= 0.3 is 0 Å². The third-order valence-corrected chi connectivity index (χ3v) is 6.08. The molecular weight excluding hydrogens is 235 g/mol. The Balaban J connectivity index is 2.28. The highest BCUT2D eigenvalue weighted by Crippen LogP contribution is 2.53. The summed E-state index contributed by atoms with van der Waals surface area (Å²) in [4.78, 5) is 0. The number of ether oxygens (including phenoxy) is 1. The fourth-order valence-corrected chi connectivity index (χ4v) is 4.79. The van der Waals surface area contributed by atoms with E-state index < -0.39 is 7.37 Å². The molecule has 0 saturated carbocycles. The van der Waals surface area contributed by atoms with Gasteiger partial charge in [0.05, 0.1) is 18.9 Å². The molecule has 0 aliphatic carbocycles. The van der Waals surface area contributed by atoms with Gasteiger partial charge in [0.15, 0.2) is 0 Å². The molecule has 2 unspecified atom stereocenters. The first kappa shape index (κ1) is 12.8. The lowest BCUT2D eigenvalue weighted by molar-refractivity contribution is 0.0952. The molecule has 0 bridgehead atoms. The van der Waals surface area contributed by atoms with Crippen LogP contribution in [0.1, 0.15) is 19.8 Å². The number of rotatable bonds is 4. The van der Waals surface area contributed by atoms with E-state index >= 15 is 0 Å². The van der Waals surface area contributed by atoms with Crippen molar-refractivity contribution in [2.24, 2.45) is 0 Å². The maximum absolute atomic E-state index is 13.1. The van der Waals surface area contributed by atoms with Crippen LogP contribution in [0.15, 0.2) is 30.3 Å². The van der Waals surface area contributed by atoms with Gasteiger partial charge in [0, 0.05) is 11.9 Å². The van der Waals surface area contributed by atoms with Gasteiger partial charge in [0.2, 0.25) is 7.37 Å². The highest BCUT2D eigenvalue weighted by atomic mass is 31.2. The molecule has 1 heterocycles. The van der Waals surface area contributed by atoms with Crippen molar-refractivity contribution in [1.29, 1.82) is 0 Å². The van der Waals surface area contributed by atoms with Gasteiger partial charge in [-0.2, -0.15) is 0 Å². The fraction of sp³-hybridized carbons (Fsp3) is 0.538. The Morgan fingerprint density at radius 3 is 2.76 bits per heavy atom. The van der Waals surface area contributed by atoms with E-state index in [4.69, 9.17) is 9.26 Å². The number of benzene rings is 1. The van der Waals surface area contributed by atoms with Crippen LogP contribution in [0, 0.1) is 0 Å². The van der Waals surface area contributed by atoms with E-state index in [9.17, 15) is 4.57 Å². The van der Waals surface area contributed by atoms with Crippen LogP contribution in [0.2, 0.25) is 0 Å². The smallest absolute Gasteiger partial charge is 0.237 e. The fourth-order valence-electron chi connectivity index (χ4n) is 2.21. The summed E-state index contributed by atoms with van der Waals surface area (Å²) in [5.41, 5.74) is 0.0126. The van der Waals surface area contributed by atoms with E-state index in [0.717, 1.165) is 24.8 Å². The monoisotopic (exact) mass is 254 g/mol. The summed E-state index contributed by atoms with van der Waals surface area (Å²) in [6.45, 7) is 3.69. The standard InChI is InChI=1S/C13H19O3P/c1-2-16-17(14,12-7-4-3-5-8-12)13-9-6-10-15-11-13/h3-5,7-8,13H,2,6,9-11H2,1H3. The van der Waals surface area contributed by atoms with Crippen LogP contribution in [0.4, 0.5) is 0 Å². The average Bonchev–Trinajstić information content (AvgIpc) is 2.41. The molecule has 1 aromatic rings. The molecule has 2 rings (SSSR count). The first-order valence-corrected chi connectivity index (χ1v) is 7.84. The van der Waals surface area contributed by atoms with Crippen LogP contribution in [0.25, 0.3) is 0 Å². The topological polar surface area (TPSA) is 35.5 Å². The second-order valence-electron chi connectivity index (χ2n) is 4.22. The molecule has 17 heavy (non-hydrogen) atoms. The van der Waals surface area contributed by atoms with Crippen molar-refractivity contribution in [2.45, 2.75) is 25.4 Å². The summed E-state index contributed by atoms with van der Waals surface area (Å²) in [6.07, 6.45) is 1.89. The number of hydrogen-bond acceptors (Lipinski definition) is 3. The van der Waals surface area contributed by atoms with E-state index in [2.05, 4.69) is 0 Å². The lowest BCUT2D eigenvalue weighted by Crippen LogP contribution is -2.28. The van der Waals surface area contributed by atoms with Crippen LogP contribution in [0.3, 0.4) is 0 Å². The molecule has 0 spiro atoms. The zero-order chi connectivity index (χ0) is 12.1. The van der Waals surface area contributed by atoms with Gasteiger partial charge in [-0.15, -0.1) is 0 Å². The van der Waals surface area contributed by atoms with Gasteiger partial charge in [0.1, 0.15) is 0 Å². The van der Waals surface area contributed by atoms with Gasteiger partial charge in [-0.25, -0.2) is 0 Å². The summed E-state index contributed by atoms with van der Waals surface area (Å²) >= 11 is 0. The molecule has 0 amide bonds. The molecule has 1 aromatic carbocycles. The molecule has 1 aliphatic rings. The molecule has 4 heteroatoms. The zero-order valence-corrected chi connectivity index (χ0v) is 11.1. The Morgan fingerprint density at radius 1 is 1.41 bits per heavy atom. The highest BCUT2D eigenvalue weighted by molar-refractivity contribution is 7.67. The first-order chi connectivity index (χ1) is 8.27. The second-order valence-corrected chi connectivity index (χ2v) is 6.92. The Labute approximate surface area is 103 Å². The van der Waals surface area contributed by atoms with E-state index in [1.807, 2.05) is 37.3 Å². The van der Waals surface area contributed by atoms with Crippen molar-refractivity contribution in [3.05, 3.63) is 30.3 Å². The molecule has 3 nitrogen and oxygen atoms in total. The Kier molecular flexibility index (Phi) is 4.38.